The lowest BCUT2D eigenvalue weighted by atomic mass is 9.85. The third kappa shape index (κ3) is 1.82. The Kier molecular flexibility index (Phi) is 2.84. The van der Waals surface area contributed by atoms with Crippen molar-refractivity contribution in [1.29, 1.82) is 0 Å². The number of aromatic amines is 1. The summed E-state index contributed by atoms with van der Waals surface area (Å²) in [4.78, 5) is 16.8. The monoisotopic (exact) mass is 249 g/mol. The molecule has 0 radical (unpaired) electrons. The Labute approximate surface area is 106 Å². The molecule has 98 valence electrons. The summed E-state index contributed by atoms with van der Waals surface area (Å²) in [6, 6.07) is 0. The summed E-state index contributed by atoms with van der Waals surface area (Å²) in [5.74, 6) is 1.98. The number of nitrogens with zero attached hydrogens (tertiary/aromatic N) is 2. The van der Waals surface area contributed by atoms with Gasteiger partial charge in [0.2, 0.25) is 0 Å². The van der Waals surface area contributed by atoms with Crippen molar-refractivity contribution in [2.75, 3.05) is 6.61 Å². The predicted octanol–water partition coefficient (Wildman–Crippen LogP) is 2.06. The highest BCUT2D eigenvalue weighted by Gasteiger charge is 2.48. The molecule has 0 saturated heterocycles. The zero-order chi connectivity index (χ0) is 12.6. The summed E-state index contributed by atoms with van der Waals surface area (Å²) < 4.78 is 5.24. The number of carbonyl (C=O) groups is 1. The fraction of sp³-hybridized carbons (Fsp3) is 0.769. The zero-order valence-electron chi connectivity index (χ0n) is 10.7. The van der Waals surface area contributed by atoms with Gasteiger partial charge in [-0.15, -0.1) is 0 Å². The molecule has 2 fully saturated rings. The molecule has 5 nitrogen and oxygen atoms in total. The second-order valence-electron chi connectivity index (χ2n) is 5.33. The average Bonchev–Trinajstić information content (AvgIpc) is 2.93. The van der Waals surface area contributed by atoms with Crippen molar-refractivity contribution in [3.63, 3.8) is 0 Å². The Bertz CT molecular complexity index is 445. The van der Waals surface area contributed by atoms with Crippen LogP contribution in [0, 0.1) is 0 Å². The molecule has 5 heteroatoms. The van der Waals surface area contributed by atoms with E-state index in [1.54, 1.807) is 0 Å². The van der Waals surface area contributed by atoms with Gasteiger partial charge < -0.3 is 4.74 Å². The summed E-state index contributed by atoms with van der Waals surface area (Å²) in [6.07, 6.45) is 6.09. The Morgan fingerprint density at radius 1 is 1.44 bits per heavy atom. The number of ether oxygens (including phenoxy) is 1. The van der Waals surface area contributed by atoms with Crippen LogP contribution in [0.1, 0.15) is 63.0 Å². The number of esters is 1. The lowest BCUT2D eigenvalue weighted by Gasteiger charge is -2.22. The van der Waals surface area contributed by atoms with Gasteiger partial charge in [-0.05, 0) is 32.6 Å². The maximum Gasteiger partial charge on any atom is 0.319 e. The number of hydrogen-bond acceptors (Lipinski definition) is 4. The number of carbonyl (C=O) groups excluding carboxylic acids is 1. The third-order valence-electron chi connectivity index (χ3n) is 4.02. The van der Waals surface area contributed by atoms with Crippen LogP contribution in [-0.4, -0.2) is 27.8 Å². The summed E-state index contributed by atoms with van der Waals surface area (Å²) in [5, 5.41) is 7.30. The first-order valence-electron chi connectivity index (χ1n) is 6.86. The predicted molar refractivity (Wildman–Crippen MR) is 65.1 cm³/mol. The highest BCUT2D eigenvalue weighted by Crippen LogP contribution is 2.43. The van der Waals surface area contributed by atoms with Crippen molar-refractivity contribution in [1.82, 2.24) is 15.2 Å². The summed E-state index contributed by atoms with van der Waals surface area (Å²) in [6.45, 7) is 2.26. The normalized spacial score (nSPS) is 22.1. The molecule has 0 amide bonds. The average molecular weight is 249 g/mol. The van der Waals surface area contributed by atoms with E-state index in [0.717, 1.165) is 31.5 Å². The van der Waals surface area contributed by atoms with Gasteiger partial charge in [0, 0.05) is 5.92 Å². The number of H-pyrrole nitrogens is 1. The van der Waals surface area contributed by atoms with Crippen LogP contribution in [0.2, 0.25) is 0 Å². The van der Waals surface area contributed by atoms with Crippen molar-refractivity contribution in [3.8, 4) is 0 Å². The van der Waals surface area contributed by atoms with Gasteiger partial charge in [-0.3, -0.25) is 9.89 Å². The second-order valence-corrected chi connectivity index (χ2v) is 5.33. The van der Waals surface area contributed by atoms with Crippen LogP contribution in [0.25, 0.3) is 0 Å². The highest BCUT2D eigenvalue weighted by atomic mass is 16.5. The van der Waals surface area contributed by atoms with Gasteiger partial charge >= 0.3 is 5.97 Å². The molecule has 0 aromatic carbocycles. The highest BCUT2D eigenvalue weighted by molar-refractivity contribution is 5.82. The standard InChI is InChI=1S/C13H19N3O2/c1-2-18-12(17)13(7-3-4-8-13)11-14-10(15-16-11)9-5-6-9/h9H,2-8H2,1H3,(H,14,15,16). The molecule has 0 aliphatic heterocycles. The summed E-state index contributed by atoms with van der Waals surface area (Å²) >= 11 is 0. The summed E-state index contributed by atoms with van der Waals surface area (Å²) in [5.41, 5.74) is -0.584. The van der Waals surface area contributed by atoms with Crippen molar-refractivity contribution in [2.45, 2.75) is 56.8 Å². The molecule has 2 saturated carbocycles. The molecule has 18 heavy (non-hydrogen) atoms. The molecule has 1 aromatic rings. The van der Waals surface area contributed by atoms with E-state index in [9.17, 15) is 4.79 Å². The van der Waals surface area contributed by atoms with Gasteiger partial charge in [-0.1, -0.05) is 12.8 Å². The SMILES string of the molecule is CCOC(=O)C1(c2n[nH]c(C3CC3)n2)CCCC1. The minimum absolute atomic E-state index is 0.149. The Hall–Kier alpha value is -1.39. The maximum atomic E-state index is 12.2. The lowest BCUT2D eigenvalue weighted by Crippen LogP contribution is -2.36. The Morgan fingerprint density at radius 2 is 2.17 bits per heavy atom. The molecule has 0 bridgehead atoms. The molecule has 3 rings (SSSR count). The molecule has 1 N–H and O–H groups in total. The number of nitrogens with one attached hydrogen (secondary N) is 1. The van der Waals surface area contributed by atoms with Gasteiger partial charge in [-0.25, -0.2) is 4.98 Å². The molecule has 0 atom stereocenters. The first-order chi connectivity index (χ1) is 8.76. The van der Waals surface area contributed by atoms with Gasteiger partial charge in [0.1, 0.15) is 11.2 Å². The fourth-order valence-corrected chi connectivity index (χ4v) is 2.79. The molecule has 1 heterocycles. The minimum Gasteiger partial charge on any atom is -0.465 e. The van der Waals surface area contributed by atoms with Crippen molar-refractivity contribution in [2.24, 2.45) is 0 Å². The zero-order valence-corrected chi connectivity index (χ0v) is 10.7. The quantitative estimate of drug-likeness (QED) is 0.829. The van der Waals surface area contributed by atoms with Crippen LogP contribution in [0.3, 0.4) is 0 Å². The van der Waals surface area contributed by atoms with E-state index in [4.69, 9.17) is 4.74 Å². The van der Waals surface area contributed by atoms with Crippen LogP contribution < -0.4 is 0 Å². The lowest BCUT2D eigenvalue weighted by molar-refractivity contribution is -0.150. The molecule has 0 spiro atoms. The van der Waals surface area contributed by atoms with Crippen LogP contribution in [0.5, 0.6) is 0 Å². The largest absolute Gasteiger partial charge is 0.465 e. The summed E-state index contributed by atoms with van der Waals surface area (Å²) in [7, 11) is 0. The number of hydrogen-bond donors (Lipinski definition) is 1. The van der Waals surface area contributed by atoms with E-state index < -0.39 is 5.41 Å². The van der Waals surface area contributed by atoms with Crippen LogP contribution >= 0.6 is 0 Å². The van der Waals surface area contributed by atoms with Crippen LogP contribution in [0.4, 0.5) is 0 Å². The Morgan fingerprint density at radius 3 is 2.78 bits per heavy atom. The van der Waals surface area contributed by atoms with Gasteiger partial charge in [-0.2, -0.15) is 5.10 Å². The van der Waals surface area contributed by atoms with Crippen molar-refractivity contribution >= 4 is 5.97 Å². The third-order valence-corrected chi connectivity index (χ3v) is 4.02. The first kappa shape index (κ1) is 11.7. The van der Waals surface area contributed by atoms with Crippen LogP contribution in [0.15, 0.2) is 0 Å². The Balaban J connectivity index is 1.89. The van der Waals surface area contributed by atoms with Gasteiger partial charge in [0.05, 0.1) is 6.61 Å². The smallest absolute Gasteiger partial charge is 0.319 e. The molecule has 1 aromatic heterocycles. The van der Waals surface area contributed by atoms with E-state index in [0.29, 0.717) is 18.3 Å². The van der Waals surface area contributed by atoms with E-state index in [1.165, 1.54) is 12.8 Å². The van der Waals surface area contributed by atoms with Crippen molar-refractivity contribution in [3.05, 3.63) is 11.6 Å². The van der Waals surface area contributed by atoms with E-state index in [-0.39, 0.29) is 5.97 Å². The molecule has 2 aliphatic carbocycles. The van der Waals surface area contributed by atoms with Gasteiger partial charge in [0.25, 0.3) is 0 Å². The minimum atomic E-state index is -0.584. The molecular formula is C13H19N3O2. The van der Waals surface area contributed by atoms with E-state index >= 15 is 0 Å². The van der Waals surface area contributed by atoms with Crippen LogP contribution in [-0.2, 0) is 14.9 Å². The fourth-order valence-electron chi connectivity index (χ4n) is 2.79. The number of aromatic nitrogens is 3. The van der Waals surface area contributed by atoms with Crippen molar-refractivity contribution < 1.29 is 9.53 Å². The molecule has 2 aliphatic rings. The van der Waals surface area contributed by atoms with E-state index in [2.05, 4.69) is 15.2 Å². The van der Waals surface area contributed by atoms with E-state index in [1.807, 2.05) is 6.92 Å². The molecule has 0 unspecified atom stereocenters. The second kappa shape index (κ2) is 4.37. The van der Waals surface area contributed by atoms with Gasteiger partial charge in [0.15, 0.2) is 5.82 Å². The molecular weight excluding hydrogens is 230 g/mol. The maximum absolute atomic E-state index is 12.2. The first-order valence-corrected chi connectivity index (χ1v) is 6.86. The topological polar surface area (TPSA) is 67.9 Å². The number of rotatable bonds is 4.